The van der Waals surface area contributed by atoms with Crippen molar-refractivity contribution in [3.63, 3.8) is 0 Å². The number of pyridine rings is 2. The summed E-state index contributed by atoms with van der Waals surface area (Å²) in [6.07, 6.45) is 3.20. The van der Waals surface area contributed by atoms with Crippen molar-refractivity contribution in [2.45, 2.75) is 76.8 Å². The molecule has 0 amide bonds. The molecule has 262 valence electrons. The highest BCUT2D eigenvalue weighted by Gasteiger charge is 2.46. The number of carboxylic acids is 1. The minimum Gasteiger partial charge on any atom is -0.481 e. The number of ether oxygens (including phenoxy) is 3. The number of fused-ring (bicyclic) bond motifs is 2. The lowest BCUT2D eigenvalue weighted by Crippen LogP contribution is -2.50. The van der Waals surface area contributed by atoms with E-state index in [2.05, 4.69) is 15.2 Å². The number of hydrogen-bond donors (Lipinski definition) is 2. The SMILES string of the molecule is Cc1ccc([C@@H](c2ccn3c(C)nnc3c2C)C(C)(C)C(=O)O)cc1CN1CC2(CCOCC2)Oc2nc(OCCCO)ccc2S1(=O)=O. The highest BCUT2D eigenvalue weighted by Crippen LogP contribution is 2.44. The molecule has 0 saturated carbocycles. The quantitative estimate of drug-likeness (QED) is 0.229. The molecular formula is C35H43N5O8S. The average Bonchev–Trinajstić information content (AvgIpc) is 3.41. The van der Waals surface area contributed by atoms with Crippen LogP contribution in [-0.2, 0) is 26.1 Å². The molecule has 6 rings (SSSR count). The predicted octanol–water partition coefficient (Wildman–Crippen LogP) is 4.19. The summed E-state index contributed by atoms with van der Waals surface area (Å²) < 4.78 is 49.9. The molecule has 0 aliphatic carbocycles. The number of aryl methyl sites for hydroxylation is 3. The van der Waals surface area contributed by atoms with Crippen LogP contribution in [0.3, 0.4) is 0 Å². The van der Waals surface area contributed by atoms with Crippen LogP contribution in [0.4, 0.5) is 0 Å². The molecule has 13 nitrogen and oxygen atoms in total. The number of carbonyl (C=O) groups is 1. The van der Waals surface area contributed by atoms with Crippen molar-refractivity contribution >= 4 is 21.6 Å². The molecule has 2 aliphatic rings. The lowest BCUT2D eigenvalue weighted by molar-refractivity contribution is -0.147. The number of nitrogens with zero attached hydrogens (tertiary/aromatic N) is 5. The van der Waals surface area contributed by atoms with Gasteiger partial charge in [0.15, 0.2) is 5.65 Å². The first-order valence-electron chi connectivity index (χ1n) is 16.4. The molecule has 1 fully saturated rings. The Balaban J connectivity index is 1.43. The van der Waals surface area contributed by atoms with Crippen molar-refractivity contribution < 1.29 is 37.6 Å². The van der Waals surface area contributed by atoms with E-state index < -0.39 is 32.9 Å². The van der Waals surface area contributed by atoms with Crippen molar-refractivity contribution in [3.8, 4) is 11.8 Å². The Kier molecular flexibility index (Phi) is 9.44. The molecular weight excluding hydrogens is 650 g/mol. The number of carboxylic acid groups (broad SMARTS) is 1. The smallest absolute Gasteiger partial charge is 0.310 e. The highest BCUT2D eigenvalue weighted by atomic mass is 32.2. The van der Waals surface area contributed by atoms with E-state index in [1.807, 2.05) is 55.6 Å². The lowest BCUT2D eigenvalue weighted by Gasteiger charge is -2.38. The fraction of sp³-hybridized carbons (Fsp3) is 0.486. The first-order valence-corrected chi connectivity index (χ1v) is 17.9. The van der Waals surface area contributed by atoms with E-state index in [-0.39, 0.29) is 43.0 Å². The third kappa shape index (κ3) is 6.50. The number of aliphatic hydroxyl groups is 1. The maximum absolute atomic E-state index is 14.4. The predicted molar refractivity (Wildman–Crippen MR) is 179 cm³/mol. The zero-order valence-electron chi connectivity index (χ0n) is 28.5. The van der Waals surface area contributed by atoms with Gasteiger partial charge < -0.3 is 24.4 Å². The van der Waals surface area contributed by atoms with Crippen LogP contribution in [0.15, 0.2) is 47.5 Å². The van der Waals surface area contributed by atoms with Crippen LogP contribution in [0.1, 0.15) is 72.7 Å². The fourth-order valence-corrected chi connectivity index (χ4v) is 8.33. The van der Waals surface area contributed by atoms with Crippen molar-refractivity contribution in [2.75, 3.05) is 33.0 Å². The number of sulfonamides is 1. The van der Waals surface area contributed by atoms with Crippen LogP contribution in [0.2, 0.25) is 0 Å². The largest absolute Gasteiger partial charge is 0.481 e. The Bertz CT molecular complexity index is 1990. The Hall–Kier alpha value is -4.11. The maximum Gasteiger partial charge on any atom is 0.310 e. The third-order valence-corrected chi connectivity index (χ3v) is 11.6. The van der Waals surface area contributed by atoms with Gasteiger partial charge in [-0.1, -0.05) is 18.2 Å². The average molecular weight is 694 g/mol. The molecule has 0 bridgehead atoms. The molecule has 1 saturated heterocycles. The van der Waals surface area contributed by atoms with E-state index in [1.54, 1.807) is 13.8 Å². The number of hydrogen-bond acceptors (Lipinski definition) is 10. The number of aromatic nitrogens is 4. The molecule has 0 radical (unpaired) electrons. The zero-order chi connectivity index (χ0) is 35.1. The van der Waals surface area contributed by atoms with Gasteiger partial charge in [0.2, 0.25) is 21.8 Å². The first-order chi connectivity index (χ1) is 23.3. The van der Waals surface area contributed by atoms with Gasteiger partial charge in [-0.2, -0.15) is 9.29 Å². The highest BCUT2D eigenvalue weighted by molar-refractivity contribution is 7.89. The summed E-state index contributed by atoms with van der Waals surface area (Å²) >= 11 is 0. The van der Waals surface area contributed by atoms with E-state index in [0.29, 0.717) is 38.1 Å². The van der Waals surface area contributed by atoms with Gasteiger partial charge in [-0.05, 0) is 74.6 Å². The van der Waals surface area contributed by atoms with Crippen molar-refractivity contribution in [2.24, 2.45) is 5.41 Å². The fourth-order valence-electron chi connectivity index (χ4n) is 6.79. The van der Waals surface area contributed by atoms with E-state index in [1.165, 1.54) is 16.4 Å². The molecule has 2 aliphatic heterocycles. The number of aliphatic hydroxyl groups excluding tert-OH is 1. The van der Waals surface area contributed by atoms with Crippen LogP contribution in [0.5, 0.6) is 11.8 Å². The molecule has 49 heavy (non-hydrogen) atoms. The topological polar surface area (TPSA) is 166 Å². The second kappa shape index (κ2) is 13.3. The summed E-state index contributed by atoms with van der Waals surface area (Å²) in [6, 6.07) is 10.6. The molecule has 5 heterocycles. The Morgan fingerprint density at radius 3 is 2.57 bits per heavy atom. The van der Waals surface area contributed by atoms with Gasteiger partial charge in [-0.25, -0.2) is 8.42 Å². The van der Waals surface area contributed by atoms with Gasteiger partial charge in [0.25, 0.3) is 0 Å². The van der Waals surface area contributed by atoms with Gasteiger partial charge in [0.1, 0.15) is 16.3 Å². The van der Waals surface area contributed by atoms with Gasteiger partial charge in [-0.3, -0.25) is 9.20 Å². The molecule has 0 unspecified atom stereocenters. The van der Waals surface area contributed by atoms with E-state index >= 15 is 0 Å². The Labute approximate surface area is 285 Å². The molecule has 4 aromatic rings. The van der Waals surface area contributed by atoms with Crippen LogP contribution >= 0.6 is 0 Å². The maximum atomic E-state index is 14.4. The van der Waals surface area contributed by atoms with Gasteiger partial charge in [0, 0.05) is 50.6 Å². The first kappa shape index (κ1) is 34.7. The zero-order valence-corrected chi connectivity index (χ0v) is 29.3. The molecule has 1 spiro atoms. The Morgan fingerprint density at radius 2 is 1.86 bits per heavy atom. The number of rotatable bonds is 10. The molecule has 1 aromatic carbocycles. The normalized spacial score (nSPS) is 18.1. The second-order valence-electron chi connectivity index (χ2n) is 13.5. The third-order valence-electron chi connectivity index (χ3n) is 9.83. The summed E-state index contributed by atoms with van der Waals surface area (Å²) in [6.45, 7) is 10.2. The summed E-state index contributed by atoms with van der Waals surface area (Å²) in [7, 11) is -4.11. The lowest BCUT2D eigenvalue weighted by atomic mass is 9.70. The van der Waals surface area contributed by atoms with E-state index in [4.69, 9.17) is 19.3 Å². The minimum absolute atomic E-state index is 0.0192. The second-order valence-corrected chi connectivity index (χ2v) is 15.4. The monoisotopic (exact) mass is 693 g/mol. The van der Waals surface area contributed by atoms with Gasteiger partial charge in [-0.15, -0.1) is 10.2 Å². The minimum atomic E-state index is -4.11. The van der Waals surface area contributed by atoms with Crippen LogP contribution < -0.4 is 9.47 Å². The number of aliphatic carboxylic acids is 1. The summed E-state index contributed by atoms with van der Waals surface area (Å²) in [5.74, 6) is -0.637. The van der Waals surface area contributed by atoms with Crippen molar-refractivity contribution in [1.82, 2.24) is 23.9 Å². The molecule has 1 atom stereocenters. The van der Waals surface area contributed by atoms with Gasteiger partial charge in [0.05, 0.1) is 31.8 Å². The summed E-state index contributed by atoms with van der Waals surface area (Å²) in [4.78, 5) is 17.2. The number of benzene rings is 1. The van der Waals surface area contributed by atoms with Crippen LogP contribution in [0.25, 0.3) is 5.65 Å². The summed E-state index contributed by atoms with van der Waals surface area (Å²) in [5.41, 5.74) is 2.51. The van der Waals surface area contributed by atoms with E-state index in [9.17, 15) is 18.3 Å². The van der Waals surface area contributed by atoms with Crippen molar-refractivity contribution in [1.29, 1.82) is 0 Å². The Morgan fingerprint density at radius 1 is 1.10 bits per heavy atom. The standard InChI is InChI=1S/C35H43N5O8S/c1-22-7-8-25(30(34(4,5)33(42)43)27-11-14-40-24(3)37-38-31(40)23(27)2)19-26(22)20-39-21-35(12-17-46-18-13-35)48-32-28(49(39,44)45)9-10-29(36-32)47-16-6-15-41/h7-11,14,19,30,41H,6,12-13,15-18,20-21H2,1-5H3,(H,42,43)/t30-/m0/s1. The molecule has 14 heteroatoms. The van der Waals surface area contributed by atoms with Gasteiger partial charge >= 0.3 is 5.97 Å². The van der Waals surface area contributed by atoms with E-state index in [0.717, 1.165) is 33.6 Å². The van der Waals surface area contributed by atoms with Crippen LogP contribution in [0, 0.1) is 26.2 Å². The summed E-state index contributed by atoms with van der Waals surface area (Å²) in [5, 5.41) is 28.2. The molecule has 2 N–H and O–H groups in total. The molecule has 3 aromatic heterocycles. The van der Waals surface area contributed by atoms with Crippen LogP contribution in [-0.4, -0.2) is 87.1 Å². The van der Waals surface area contributed by atoms with Crippen molar-refractivity contribution in [3.05, 3.63) is 76.2 Å².